The average molecular weight is 358 g/mol. The number of carboxylic acid groups (broad SMARTS) is 1. The highest BCUT2D eigenvalue weighted by Gasteiger charge is 2.31. The largest absolute Gasteiger partial charge is 0.481 e. The van der Waals surface area contributed by atoms with Crippen LogP contribution in [0.25, 0.3) is 0 Å². The molecule has 10 nitrogen and oxygen atoms in total. The molecule has 1 fully saturated rings. The molecule has 1 aliphatic rings. The van der Waals surface area contributed by atoms with Crippen LogP contribution in [0.5, 0.6) is 0 Å². The molecule has 3 heterocycles. The predicted molar refractivity (Wildman–Crippen MR) is 93.5 cm³/mol. The molecule has 3 rings (SSSR count). The van der Waals surface area contributed by atoms with E-state index in [0.29, 0.717) is 31.7 Å². The van der Waals surface area contributed by atoms with Crippen LogP contribution in [0.1, 0.15) is 18.4 Å². The number of carboxylic acids is 1. The SMILES string of the molecule is Cc1cccnc1Nc1ncnc(N2CCC(C(=O)O)CC2)c1[N+](=O)[O-]. The normalized spacial score (nSPS) is 14.9. The number of piperidine rings is 1. The van der Waals surface area contributed by atoms with Crippen molar-refractivity contribution in [2.24, 2.45) is 5.92 Å². The maximum Gasteiger partial charge on any atom is 0.353 e. The monoisotopic (exact) mass is 358 g/mol. The van der Waals surface area contributed by atoms with Crippen LogP contribution in [0.2, 0.25) is 0 Å². The summed E-state index contributed by atoms with van der Waals surface area (Å²) in [6.45, 7) is 2.60. The van der Waals surface area contributed by atoms with E-state index in [1.807, 2.05) is 13.0 Å². The highest BCUT2D eigenvalue weighted by Crippen LogP contribution is 2.35. The van der Waals surface area contributed by atoms with Gasteiger partial charge in [0.05, 0.1) is 10.8 Å². The van der Waals surface area contributed by atoms with Gasteiger partial charge >= 0.3 is 11.7 Å². The number of anilines is 3. The number of pyridine rings is 1. The first-order valence-corrected chi connectivity index (χ1v) is 8.13. The molecular formula is C16H18N6O4. The van der Waals surface area contributed by atoms with Crippen molar-refractivity contribution in [2.45, 2.75) is 19.8 Å². The standard InChI is InChI=1S/C16H18N6O4/c1-10-3-2-6-17-13(10)20-14-12(22(25)26)15(19-9-18-14)21-7-4-11(5-8-21)16(23)24/h2-3,6,9,11H,4-5,7-8H2,1H3,(H,23,24)(H,17,18,19,20). The van der Waals surface area contributed by atoms with Crippen LogP contribution in [0, 0.1) is 23.0 Å². The lowest BCUT2D eigenvalue weighted by Gasteiger charge is -2.30. The second-order valence-corrected chi connectivity index (χ2v) is 6.05. The first-order chi connectivity index (χ1) is 12.5. The molecular weight excluding hydrogens is 340 g/mol. The van der Waals surface area contributed by atoms with E-state index in [0.717, 1.165) is 5.56 Å². The van der Waals surface area contributed by atoms with Gasteiger partial charge in [-0.25, -0.2) is 15.0 Å². The van der Waals surface area contributed by atoms with Crippen LogP contribution in [-0.4, -0.2) is 44.0 Å². The van der Waals surface area contributed by atoms with Crippen LogP contribution in [0.4, 0.5) is 23.1 Å². The van der Waals surface area contributed by atoms with Crippen molar-refractivity contribution in [3.05, 3.63) is 40.3 Å². The van der Waals surface area contributed by atoms with Gasteiger partial charge in [0.2, 0.25) is 11.6 Å². The molecule has 0 spiro atoms. The third-order valence-electron chi connectivity index (χ3n) is 4.38. The Labute approximate surface area is 149 Å². The first kappa shape index (κ1) is 17.5. The lowest BCUT2D eigenvalue weighted by Crippen LogP contribution is -2.37. The van der Waals surface area contributed by atoms with Crippen molar-refractivity contribution in [2.75, 3.05) is 23.3 Å². The molecule has 0 bridgehead atoms. The lowest BCUT2D eigenvalue weighted by molar-refractivity contribution is -0.383. The van der Waals surface area contributed by atoms with Crippen molar-refractivity contribution >= 4 is 29.1 Å². The van der Waals surface area contributed by atoms with Crippen LogP contribution in [0.3, 0.4) is 0 Å². The fourth-order valence-electron chi connectivity index (χ4n) is 2.93. The number of rotatable bonds is 5. The van der Waals surface area contributed by atoms with Gasteiger partial charge in [-0.05, 0) is 31.4 Å². The molecule has 1 aliphatic heterocycles. The van der Waals surface area contributed by atoms with E-state index in [4.69, 9.17) is 5.11 Å². The first-order valence-electron chi connectivity index (χ1n) is 8.13. The van der Waals surface area contributed by atoms with Gasteiger partial charge in [-0.1, -0.05) is 6.07 Å². The minimum absolute atomic E-state index is 0.0576. The van der Waals surface area contributed by atoms with E-state index in [9.17, 15) is 14.9 Å². The van der Waals surface area contributed by atoms with Gasteiger partial charge in [0, 0.05) is 19.3 Å². The van der Waals surface area contributed by atoms with Crippen molar-refractivity contribution in [1.82, 2.24) is 15.0 Å². The highest BCUT2D eigenvalue weighted by atomic mass is 16.6. The summed E-state index contributed by atoms with van der Waals surface area (Å²) in [6.07, 6.45) is 3.67. The molecule has 0 radical (unpaired) electrons. The zero-order valence-electron chi connectivity index (χ0n) is 14.1. The smallest absolute Gasteiger partial charge is 0.353 e. The summed E-state index contributed by atoms with van der Waals surface area (Å²) < 4.78 is 0. The lowest BCUT2D eigenvalue weighted by atomic mass is 9.97. The van der Waals surface area contributed by atoms with Gasteiger partial charge in [0.15, 0.2) is 0 Å². The maximum atomic E-state index is 11.7. The minimum Gasteiger partial charge on any atom is -0.481 e. The molecule has 0 saturated carbocycles. The fraction of sp³-hybridized carbons (Fsp3) is 0.375. The molecule has 0 atom stereocenters. The molecule has 136 valence electrons. The summed E-state index contributed by atoms with van der Waals surface area (Å²) in [5, 5.41) is 23.7. The quantitative estimate of drug-likeness (QED) is 0.608. The summed E-state index contributed by atoms with van der Waals surface area (Å²) in [5.41, 5.74) is 0.579. The summed E-state index contributed by atoms with van der Waals surface area (Å²) >= 11 is 0. The van der Waals surface area contributed by atoms with Crippen molar-refractivity contribution < 1.29 is 14.8 Å². The van der Waals surface area contributed by atoms with Crippen LogP contribution in [-0.2, 0) is 4.79 Å². The van der Waals surface area contributed by atoms with Crippen LogP contribution < -0.4 is 10.2 Å². The molecule has 10 heteroatoms. The minimum atomic E-state index is -0.838. The number of carbonyl (C=O) groups is 1. The third-order valence-corrected chi connectivity index (χ3v) is 4.38. The average Bonchev–Trinajstić information content (AvgIpc) is 2.63. The summed E-state index contributed by atoms with van der Waals surface area (Å²) in [4.78, 5) is 36.2. The number of hydrogen-bond donors (Lipinski definition) is 2. The Morgan fingerprint density at radius 3 is 2.65 bits per heavy atom. The van der Waals surface area contributed by atoms with Crippen LogP contribution >= 0.6 is 0 Å². The topological polar surface area (TPSA) is 134 Å². The Balaban J connectivity index is 1.91. The molecule has 2 aromatic rings. The zero-order valence-corrected chi connectivity index (χ0v) is 14.1. The van der Waals surface area contributed by atoms with Gasteiger partial charge in [-0.2, -0.15) is 0 Å². The predicted octanol–water partition coefficient (Wildman–Crippen LogP) is 2.13. The Kier molecular flexibility index (Phi) is 4.92. The molecule has 0 aliphatic carbocycles. The van der Waals surface area contributed by atoms with E-state index in [1.54, 1.807) is 17.2 Å². The second-order valence-electron chi connectivity index (χ2n) is 6.05. The number of aliphatic carboxylic acids is 1. The molecule has 1 saturated heterocycles. The van der Waals surface area contributed by atoms with Gasteiger partial charge in [0.1, 0.15) is 12.1 Å². The second kappa shape index (κ2) is 7.30. The van der Waals surface area contributed by atoms with E-state index in [1.165, 1.54) is 6.33 Å². The van der Waals surface area contributed by atoms with E-state index >= 15 is 0 Å². The number of nitrogens with one attached hydrogen (secondary N) is 1. The fourth-order valence-corrected chi connectivity index (χ4v) is 2.93. The molecule has 26 heavy (non-hydrogen) atoms. The number of hydrogen-bond acceptors (Lipinski definition) is 8. The Morgan fingerprint density at radius 1 is 1.31 bits per heavy atom. The number of aryl methyl sites for hydroxylation is 1. The molecule has 2 aromatic heterocycles. The third kappa shape index (κ3) is 3.53. The molecule has 0 amide bonds. The van der Waals surface area contributed by atoms with E-state index in [2.05, 4.69) is 20.3 Å². The Bertz CT molecular complexity index is 835. The van der Waals surface area contributed by atoms with Crippen molar-refractivity contribution in [3.63, 3.8) is 0 Å². The van der Waals surface area contributed by atoms with Crippen molar-refractivity contribution in [1.29, 1.82) is 0 Å². The van der Waals surface area contributed by atoms with Gasteiger partial charge in [-0.3, -0.25) is 14.9 Å². The van der Waals surface area contributed by atoms with Gasteiger partial charge in [-0.15, -0.1) is 0 Å². The van der Waals surface area contributed by atoms with Gasteiger partial charge < -0.3 is 15.3 Å². The number of nitro groups is 1. The Morgan fingerprint density at radius 2 is 2.04 bits per heavy atom. The molecule has 0 unspecified atom stereocenters. The maximum absolute atomic E-state index is 11.7. The summed E-state index contributed by atoms with van der Waals surface area (Å²) in [6, 6.07) is 3.60. The van der Waals surface area contributed by atoms with E-state index < -0.39 is 16.8 Å². The summed E-state index contributed by atoms with van der Waals surface area (Å²) in [7, 11) is 0. The highest BCUT2D eigenvalue weighted by molar-refractivity contribution is 5.75. The Hall–Kier alpha value is -3.30. The number of nitrogens with zero attached hydrogens (tertiary/aromatic N) is 5. The van der Waals surface area contributed by atoms with Gasteiger partial charge in [0.25, 0.3) is 0 Å². The summed E-state index contributed by atoms with van der Waals surface area (Å²) in [5.74, 6) is -0.548. The molecule has 2 N–H and O–H groups in total. The van der Waals surface area contributed by atoms with Crippen LogP contribution in [0.15, 0.2) is 24.7 Å². The molecule has 0 aromatic carbocycles. The number of aromatic nitrogens is 3. The zero-order chi connectivity index (χ0) is 18.7. The van der Waals surface area contributed by atoms with E-state index in [-0.39, 0.29) is 17.3 Å². The van der Waals surface area contributed by atoms with Crippen molar-refractivity contribution in [3.8, 4) is 0 Å².